The summed E-state index contributed by atoms with van der Waals surface area (Å²) in [7, 11) is 0. The van der Waals surface area contributed by atoms with E-state index in [1.165, 1.54) is 12.8 Å². The number of hydrogen-bond acceptors (Lipinski definition) is 0. The van der Waals surface area contributed by atoms with Crippen LogP contribution < -0.4 is 0 Å². The van der Waals surface area contributed by atoms with Crippen LogP contribution in [0.1, 0.15) is 33.6 Å². The lowest BCUT2D eigenvalue weighted by Gasteiger charge is -2.16. The summed E-state index contributed by atoms with van der Waals surface area (Å²) in [5, 5.41) is 0. The molecule has 0 bridgehead atoms. The summed E-state index contributed by atoms with van der Waals surface area (Å²) in [5.74, 6) is 5.40. The van der Waals surface area contributed by atoms with E-state index in [9.17, 15) is 0 Å². The van der Waals surface area contributed by atoms with Gasteiger partial charge in [0.2, 0.25) is 0 Å². The highest BCUT2D eigenvalue weighted by Gasteiger charge is 2.55. The first kappa shape index (κ1) is 6.69. The van der Waals surface area contributed by atoms with Crippen LogP contribution in [0.5, 0.6) is 0 Å². The van der Waals surface area contributed by atoms with Crippen LogP contribution in [0.3, 0.4) is 0 Å². The molecule has 4 atom stereocenters. The number of hydrogen-bond donors (Lipinski definition) is 0. The Kier molecular flexibility index (Phi) is 1.33. The van der Waals surface area contributed by atoms with E-state index in [0.29, 0.717) is 0 Å². The lowest BCUT2D eigenvalue weighted by atomic mass is 9.89. The van der Waals surface area contributed by atoms with Crippen molar-refractivity contribution < 1.29 is 0 Å². The van der Waals surface area contributed by atoms with Gasteiger partial charge in [-0.1, -0.05) is 20.8 Å². The van der Waals surface area contributed by atoms with E-state index in [4.69, 9.17) is 0 Å². The lowest BCUT2D eigenvalue weighted by Crippen LogP contribution is -2.08. The number of rotatable bonds is 1. The molecule has 0 heterocycles. The van der Waals surface area contributed by atoms with E-state index >= 15 is 0 Å². The van der Waals surface area contributed by atoms with Crippen molar-refractivity contribution in [2.45, 2.75) is 33.6 Å². The predicted molar refractivity (Wildman–Crippen MR) is 43.7 cm³/mol. The Hall–Kier alpha value is 0. The second kappa shape index (κ2) is 1.99. The molecule has 4 unspecified atom stereocenters. The summed E-state index contributed by atoms with van der Waals surface area (Å²) < 4.78 is 0. The average molecular weight is 138 g/mol. The molecular formula is C10H18. The van der Waals surface area contributed by atoms with E-state index < -0.39 is 0 Å². The lowest BCUT2D eigenvalue weighted by molar-refractivity contribution is 0.333. The fourth-order valence-electron chi connectivity index (χ4n) is 3.10. The van der Waals surface area contributed by atoms with Gasteiger partial charge in [0.15, 0.2) is 0 Å². The first-order valence-corrected chi connectivity index (χ1v) is 4.72. The minimum Gasteiger partial charge on any atom is -0.0625 e. The minimum atomic E-state index is 0.944. The van der Waals surface area contributed by atoms with Gasteiger partial charge in [0.05, 0.1) is 0 Å². The molecule has 2 aliphatic rings. The molecule has 0 N–H and O–H groups in total. The maximum absolute atomic E-state index is 2.43. The molecule has 0 aliphatic heterocycles. The molecule has 0 aromatic heterocycles. The zero-order valence-corrected chi connectivity index (χ0v) is 7.30. The Morgan fingerprint density at radius 3 is 2.20 bits per heavy atom. The van der Waals surface area contributed by atoms with Crippen LogP contribution in [0, 0.1) is 29.6 Å². The molecule has 0 aromatic rings. The molecule has 2 aliphatic carbocycles. The van der Waals surface area contributed by atoms with Gasteiger partial charge in [0, 0.05) is 0 Å². The van der Waals surface area contributed by atoms with Gasteiger partial charge < -0.3 is 0 Å². The Bertz CT molecular complexity index is 137. The molecule has 0 aromatic carbocycles. The molecule has 0 amide bonds. The van der Waals surface area contributed by atoms with E-state index in [1.54, 1.807) is 0 Å². The second-order valence-corrected chi connectivity index (χ2v) is 4.59. The molecule has 0 nitrogen and oxygen atoms in total. The van der Waals surface area contributed by atoms with E-state index in [1.807, 2.05) is 0 Å². The maximum Gasteiger partial charge on any atom is -0.0324 e. The quantitative estimate of drug-likeness (QED) is 0.522. The van der Waals surface area contributed by atoms with Crippen LogP contribution in [0.4, 0.5) is 0 Å². The first-order chi connectivity index (χ1) is 4.72. The van der Waals surface area contributed by atoms with Crippen molar-refractivity contribution in [2.75, 3.05) is 0 Å². The Morgan fingerprint density at radius 2 is 1.90 bits per heavy atom. The van der Waals surface area contributed by atoms with Crippen molar-refractivity contribution in [2.24, 2.45) is 29.6 Å². The van der Waals surface area contributed by atoms with Crippen molar-refractivity contribution in [3.63, 3.8) is 0 Å². The topological polar surface area (TPSA) is 0 Å². The van der Waals surface area contributed by atoms with E-state index in [2.05, 4.69) is 20.8 Å². The average Bonchev–Trinajstić information content (AvgIpc) is 2.42. The Balaban J connectivity index is 2.00. The van der Waals surface area contributed by atoms with Gasteiger partial charge in [-0.2, -0.15) is 0 Å². The van der Waals surface area contributed by atoms with Crippen LogP contribution in [0.25, 0.3) is 0 Å². The molecule has 0 radical (unpaired) electrons. The Labute approximate surface area is 64.0 Å². The molecule has 0 spiro atoms. The third-order valence-corrected chi connectivity index (χ3v) is 3.82. The molecular weight excluding hydrogens is 120 g/mol. The third-order valence-electron chi connectivity index (χ3n) is 3.82. The molecule has 58 valence electrons. The minimum absolute atomic E-state index is 0.944. The van der Waals surface area contributed by atoms with E-state index in [-0.39, 0.29) is 0 Å². The van der Waals surface area contributed by atoms with Gasteiger partial charge >= 0.3 is 0 Å². The Morgan fingerprint density at radius 1 is 1.20 bits per heavy atom. The van der Waals surface area contributed by atoms with Crippen molar-refractivity contribution in [3.8, 4) is 0 Å². The largest absolute Gasteiger partial charge is 0.0625 e. The SMILES string of the molecule is CC(C)C1CCC2C(C)C12. The standard InChI is InChI=1S/C10H18/c1-6(2)8-4-5-9-7(3)10(8)9/h6-10H,4-5H2,1-3H3. The highest BCUT2D eigenvalue weighted by molar-refractivity contribution is 5.03. The van der Waals surface area contributed by atoms with Crippen LogP contribution in [0.2, 0.25) is 0 Å². The van der Waals surface area contributed by atoms with Gasteiger partial charge in [0.25, 0.3) is 0 Å². The zero-order chi connectivity index (χ0) is 7.30. The molecule has 10 heavy (non-hydrogen) atoms. The summed E-state index contributed by atoms with van der Waals surface area (Å²) in [6, 6.07) is 0. The van der Waals surface area contributed by atoms with E-state index in [0.717, 1.165) is 29.6 Å². The smallest absolute Gasteiger partial charge is 0.0324 e. The summed E-state index contributed by atoms with van der Waals surface area (Å²) >= 11 is 0. The molecule has 2 rings (SSSR count). The fourth-order valence-corrected chi connectivity index (χ4v) is 3.10. The molecule has 0 heteroatoms. The normalized spacial score (nSPS) is 51.6. The van der Waals surface area contributed by atoms with Gasteiger partial charge in [-0.3, -0.25) is 0 Å². The maximum atomic E-state index is 2.43. The first-order valence-electron chi connectivity index (χ1n) is 4.72. The summed E-state index contributed by atoms with van der Waals surface area (Å²) in [6.45, 7) is 7.21. The fraction of sp³-hybridized carbons (Fsp3) is 1.00. The summed E-state index contributed by atoms with van der Waals surface area (Å²) in [4.78, 5) is 0. The van der Waals surface area contributed by atoms with Crippen LogP contribution in [-0.4, -0.2) is 0 Å². The van der Waals surface area contributed by atoms with Crippen molar-refractivity contribution >= 4 is 0 Å². The van der Waals surface area contributed by atoms with Gasteiger partial charge in [-0.05, 0) is 42.4 Å². The predicted octanol–water partition coefficient (Wildman–Crippen LogP) is 2.93. The third kappa shape index (κ3) is 0.741. The van der Waals surface area contributed by atoms with Crippen LogP contribution in [-0.2, 0) is 0 Å². The molecule has 2 fully saturated rings. The summed E-state index contributed by atoms with van der Waals surface area (Å²) in [5.41, 5.74) is 0. The molecule has 0 saturated heterocycles. The second-order valence-electron chi connectivity index (χ2n) is 4.59. The van der Waals surface area contributed by atoms with Gasteiger partial charge in [-0.15, -0.1) is 0 Å². The molecule has 2 saturated carbocycles. The zero-order valence-electron chi connectivity index (χ0n) is 7.30. The summed E-state index contributed by atoms with van der Waals surface area (Å²) in [6.07, 6.45) is 3.06. The highest BCUT2D eigenvalue weighted by Crippen LogP contribution is 2.61. The van der Waals surface area contributed by atoms with Crippen molar-refractivity contribution in [3.05, 3.63) is 0 Å². The van der Waals surface area contributed by atoms with Gasteiger partial charge in [0.1, 0.15) is 0 Å². The highest BCUT2D eigenvalue weighted by atomic mass is 14.6. The van der Waals surface area contributed by atoms with Crippen LogP contribution >= 0.6 is 0 Å². The monoisotopic (exact) mass is 138 g/mol. The van der Waals surface area contributed by atoms with Gasteiger partial charge in [-0.25, -0.2) is 0 Å². The number of fused-ring (bicyclic) bond motifs is 1. The van der Waals surface area contributed by atoms with Crippen LogP contribution in [0.15, 0.2) is 0 Å². The van der Waals surface area contributed by atoms with Crippen molar-refractivity contribution in [1.82, 2.24) is 0 Å². The van der Waals surface area contributed by atoms with Crippen molar-refractivity contribution in [1.29, 1.82) is 0 Å².